The Morgan fingerprint density at radius 3 is 2.48 bits per heavy atom. The van der Waals surface area contributed by atoms with Crippen LogP contribution in [0.15, 0.2) is 5.38 Å². The molecule has 4 amide bonds. The molecule has 0 aliphatic carbocycles. The number of nitrogens with zero attached hydrogens (tertiary/aromatic N) is 5. The second kappa shape index (κ2) is 6.15. The van der Waals surface area contributed by atoms with Crippen LogP contribution in [0.3, 0.4) is 0 Å². The van der Waals surface area contributed by atoms with Gasteiger partial charge in [-0.05, 0) is 6.92 Å². The van der Waals surface area contributed by atoms with Crippen molar-refractivity contribution in [3.05, 3.63) is 11.1 Å². The first-order valence-corrected chi connectivity index (χ1v) is 8.34. The number of carbonyl (C=O) groups is 3. The van der Waals surface area contributed by atoms with E-state index in [1.807, 2.05) is 12.3 Å². The van der Waals surface area contributed by atoms with Crippen molar-refractivity contribution in [3.8, 4) is 0 Å². The number of likely N-dealkylation sites (N-methyl/N-ethyl adjacent to an activating group) is 1. The van der Waals surface area contributed by atoms with Crippen molar-refractivity contribution in [2.75, 3.05) is 51.2 Å². The standard InChI is InChI=1S/C14H19N5O3S/c1-10-9-23-13(15-10)18-5-3-17(4-6-18)11(20)8-19-12(21)7-16(2)14(19)22/h9H,3-8H2,1-2H3. The number of piperazine rings is 1. The average Bonchev–Trinajstić information content (AvgIpc) is 3.06. The van der Waals surface area contributed by atoms with Gasteiger partial charge in [0.1, 0.15) is 13.1 Å². The first kappa shape index (κ1) is 15.7. The van der Waals surface area contributed by atoms with Crippen molar-refractivity contribution in [2.24, 2.45) is 0 Å². The molecule has 0 spiro atoms. The molecule has 0 aromatic carbocycles. The van der Waals surface area contributed by atoms with Crippen LogP contribution in [-0.4, -0.2) is 83.8 Å². The Balaban J connectivity index is 1.54. The fourth-order valence-corrected chi connectivity index (χ4v) is 3.55. The molecule has 2 aliphatic heterocycles. The molecule has 0 unspecified atom stereocenters. The van der Waals surface area contributed by atoms with Crippen molar-refractivity contribution in [2.45, 2.75) is 6.92 Å². The third kappa shape index (κ3) is 3.14. The average molecular weight is 337 g/mol. The first-order chi connectivity index (χ1) is 11.0. The molecule has 1 aromatic heterocycles. The number of imide groups is 1. The first-order valence-electron chi connectivity index (χ1n) is 7.46. The molecule has 0 atom stereocenters. The monoisotopic (exact) mass is 337 g/mol. The summed E-state index contributed by atoms with van der Waals surface area (Å²) in [5.41, 5.74) is 0.999. The Bertz CT molecular complexity index is 638. The minimum absolute atomic E-state index is 0.0449. The summed E-state index contributed by atoms with van der Waals surface area (Å²) in [5.74, 6) is -0.500. The Morgan fingerprint density at radius 2 is 1.96 bits per heavy atom. The number of aromatic nitrogens is 1. The fraction of sp³-hybridized carbons (Fsp3) is 0.571. The van der Waals surface area contributed by atoms with Crippen LogP contribution in [0.2, 0.25) is 0 Å². The van der Waals surface area contributed by atoms with Crippen LogP contribution < -0.4 is 4.90 Å². The van der Waals surface area contributed by atoms with Crippen molar-refractivity contribution in [3.63, 3.8) is 0 Å². The van der Waals surface area contributed by atoms with Gasteiger partial charge in [-0.3, -0.25) is 14.5 Å². The normalized spacial score (nSPS) is 19.0. The van der Waals surface area contributed by atoms with Gasteiger partial charge in [-0.1, -0.05) is 0 Å². The molecule has 1 aromatic rings. The second-order valence-electron chi connectivity index (χ2n) is 5.76. The van der Waals surface area contributed by atoms with E-state index in [-0.39, 0.29) is 24.9 Å². The largest absolute Gasteiger partial charge is 0.345 e. The SMILES string of the molecule is Cc1csc(N2CCN(C(=O)CN3C(=O)CN(C)C3=O)CC2)n1. The third-order valence-electron chi connectivity index (χ3n) is 4.03. The zero-order valence-corrected chi connectivity index (χ0v) is 14.0. The highest BCUT2D eigenvalue weighted by Gasteiger charge is 2.36. The Kier molecular flexibility index (Phi) is 4.20. The number of amides is 4. The van der Waals surface area contributed by atoms with E-state index in [2.05, 4.69) is 9.88 Å². The Hall–Kier alpha value is -2.16. The molecule has 9 heteroatoms. The molecule has 2 aliphatic rings. The van der Waals surface area contributed by atoms with E-state index in [4.69, 9.17) is 0 Å². The summed E-state index contributed by atoms with van der Waals surface area (Å²) in [5, 5.41) is 2.98. The highest BCUT2D eigenvalue weighted by Crippen LogP contribution is 2.21. The van der Waals surface area contributed by atoms with Gasteiger partial charge >= 0.3 is 6.03 Å². The van der Waals surface area contributed by atoms with E-state index in [0.717, 1.165) is 15.7 Å². The predicted molar refractivity (Wildman–Crippen MR) is 85.4 cm³/mol. The van der Waals surface area contributed by atoms with Gasteiger partial charge in [-0.25, -0.2) is 9.78 Å². The molecule has 124 valence electrons. The van der Waals surface area contributed by atoms with Crippen LogP contribution >= 0.6 is 11.3 Å². The molecule has 0 radical (unpaired) electrons. The number of thiazole rings is 1. The number of hydrogen-bond donors (Lipinski definition) is 0. The number of carbonyl (C=O) groups excluding carboxylic acids is 3. The maximum atomic E-state index is 12.3. The van der Waals surface area contributed by atoms with E-state index >= 15 is 0 Å². The maximum absolute atomic E-state index is 12.3. The molecule has 3 heterocycles. The van der Waals surface area contributed by atoms with Crippen molar-refractivity contribution in [1.82, 2.24) is 19.7 Å². The van der Waals surface area contributed by atoms with Gasteiger partial charge in [0.15, 0.2) is 5.13 Å². The van der Waals surface area contributed by atoms with Gasteiger partial charge in [0.05, 0.1) is 5.69 Å². The van der Waals surface area contributed by atoms with Crippen LogP contribution in [0.4, 0.5) is 9.93 Å². The molecule has 23 heavy (non-hydrogen) atoms. The summed E-state index contributed by atoms with van der Waals surface area (Å²) in [6, 6.07) is -0.403. The number of rotatable bonds is 3. The minimum Gasteiger partial charge on any atom is -0.345 e. The Labute approximate surface area is 138 Å². The van der Waals surface area contributed by atoms with Crippen LogP contribution in [0.25, 0.3) is 0 Å². The minimum atomic E-state index is -0.403. The molecule has 3 rings (SSSR count). The lowest BCUT2D eigenvalue weighted by atomic mass is 10.3. The summed E-state index contributed by atoms with van der Waals surface area (Å²) in [6.07, 6.45) is 0. The van der Waals surface area contributed by atoms with Gasteiger partial charge in [-0.2, -0.15) is 0 Å². The second-order valence-corrected chi connectivity index (χ2v) is 6.59. The molecule has 2 saturated heterocycles. The smallest absolute Gasteiger partial charge is 0.327 e. The van der Waals surface area contributed by atoms with E-state index in [0.29, 0.717) is 26.2 Å². The molecule has 0 N–H and O–H groups in total. The highest BCUT2D eigenvalue weighted by atomic mass is 32.1. The maximum Gasteiger partial charge on any atom is 0.327 e. The summed E-state index contributed by atoms with van der Waals surface area (Å²) in [4.78, 5) is 46.5. The van der Waals surface area contributed by atoms with Crippen LogP contribution in [0.1, 0.15) is 5.69 Å². The topological polar surface area (TPSA) is 77.1 Å². The lowest BCUT2D eigenvalue weighted by Gasteiger charge is -2.35. The zero-order valence-electron chi connectivity index (χ0n) is 13.2. The van der Waals surface area contributed by atoms with E-state index < -0.39 is 6.03 Å². The number of urea groups is 1. The Morgan fingerprint density at radius 1 is 1.26 bits per heavy atom. The number of anilines is 1. The lowest BCUT2D eigenvalue weighted by Crippen LogP contribution is -2.52. The molecular weight excluding hydrogens is 318 g/mol. The van der Waals surface area contributed by atoms with Crippen molar-refractivity contribution in [1.29, 1.82) is 0 Å². The van der Waals surface area contributed by atoms with E-state index in [1.165, 1.54) is 4.90 Å². The van der Waals surface area contributed by atoms with Gasteiger partial charge < -0.3 is 14.7 Å². The summed E-state index contributed by atoms with van der Waals surface area (Å²) < 4.78 is 0. The van der Waals surface area contributed by atoms with Crippen LogP contribution in [0.5, 0.6) is 0 Å². The fourth-order valence-electron chi connectivity index (χ4n) is 2.69. The van der Waals surface area contributed by atoms with Crippen molar-refractivity contribution < 1.29 is 14.4 Å². The van der Waals surface area contributed by atoms with E-state index in [1.54, 1.807) is 23.3 Å². The summed E-state index contributed by atoms with van der Waals surface area (Å²) in [7, 11) is 1.56. The van der Waals surface area contributed by atoms with Gasteiger partial charge in [-0.15, -0.1) is 11.3 Å². The predicted octanol–water partition coefficient (Wildman–Crippen LogP) is -0.00588. The number of aryl methyl sites for hydroxylation is 1. The summed E-state index contributed by atoms with van der Waals surface area (Å²) in [6.45, 7) is 4.40. The third-order valence-corrected chi connectivity index (χ3v) is 5.05. The van der Waals surface area contributed by atoms with Gasteiger partial charge in [0.2, 0.25) is 5.91 Å². The highest BCUT2D eigenvalue weighted by molar-refractivity contribution is 7.13. The van der Waals surface area contributed by atoms with Gasteiger partial charge in [0.25, 0.3) is 5.91 Å². The quantitative estimate of drug-likeness (QED) is 0.725. The van der Waals surface area contributed by atoms with Gasteiger partial charge in [0, 0.05) is 38.6 Å². The van der Waals surface area contributed by atoms with Crippen LogP contribution in [0, 0.1) is 6.92 Å². The summed E-state index contributed by atoms with van der Waals surface area (Å²) >= 11 is 1.60. The van der Waals surface area contributed by atoms with E-state index in [9.17, 15) is 14.4 Å². The molecule has 2 fully saturated rings. The molecule has 0 bridgehead atoms. The molecular formula is C14H19N5O3S. The molecule has 0 saturated carbocycles. The molecule has 8 nitrogen and oxygen atoms in total. The zero-order chi connectivity index (χ0) is 16.6. The van der Waals surface area contributed by atoms with Crippen molar-refractivity contribution >= 4 is 34.3 Å². The lowest BCUT2D eigenvalue weighted by molar-refractivity contribution is -0.136. The van der Waals surface area contributed by atoms with Crippen LogP contribution in [-0.2, 0) is 9.59 Å². The number of hydrogen-bond acceptors (Lipinski definition) is 6.